The fraction of sp³-hybridized carbons (Fsp3) is 0.536. The first-order chi connectivity index (χ1) is 14.9. The van der Waals surface area contributed by atoms with Crippen molar-refractivity contribution in [3.05, 3.63) is 52.6 Å². The van der Waals surface area contributed by atoms with Gasteiger partial charge in [0.15, 0.2) is 5.78 Å². The van der Waals surface area contributed by atoms with Crippen LogP contribution in [0.25, 0.3) is 0 Å². The van der Waals surface area contributed by atoms with Gasteiger partial charge in [-0.15, -0.1) is 5.92 Å². The molecule has 3 nitrogen and oxygen atoms in total. The van der Waals surface area contributed by atoms with Gasteiger partial charge in [-0.2, -0.15) is 0 Å². The first-order valence-corrected chi connectivity index (χ1v) is 11.8. The molecule has 2 N–H and O–H groups in total. The predicted molar refractivity (Wildman–Crippen MR) is 125 cm³/mol. The van der Waals surface area contributed by atoms with Gasteiger partial charge in [-0.3, -0.25) is 4.79 Å². The van der Waals surface area contributed by atoms with Gasteiger partial charge in [-0.05, 0) is 92.2 Å². The number of nitrogens with one attached hydrogen (secondary N) is 1. The molecule has 3 heteroatoms. The normalized spacial score (nSPS) is 36.6. The number of benzene rings is 1. The summed E-state index contributed by atoms with van der Waals surface area (Å²) in [4.78, 5) is 12.1. The topological polar surface area (TPSA) is 49.3 Å². The van der Waals surface area contributed by atoms with E-state index in [9.17, 15) is 9.90 Å². The highest BCUT2D eigenvalue weighted by Crippen LogP contribution is 2.66. The zero-order chi connectivity index (χ0) is 21.8. The molecule has 0 bridgehead atoms. The van der Waals surface area contributed by atoms with E-state index >= 15 is 0 Å². The summed E-state index contributed by atoms with van der Waals surface area (Å²) in [6.45, 7) is 4.14. The summed E-state index contributed by atoms with van der Waals surface area (Å²) in [5, 5.41) is 14.9. The maximum absolute atomic E-state index is 12.1. The maximum atomic E-state index is 12.1. The molecule has 1 aromatic carbocycles. The molecule has 0 saturated heterocycles. The van der Waals surface area contributed by atoms with Crippen LogP contribution >= 0.6 is 0 Å². The van der Waals surface area contributed by atoms with Gasteiger partial charge in [0.05, 0.1) is 0 Å². The van der Waals surface area contributed by atoms with Crippen LogP contribution in [0.2, 0.25) is 0 Å². The molecule has 0 amide bonds. The van der Waals surface area contributed by atoms with Crippen molar-refractivity contribution in [3.8, 4) is 11.8 Å². The lowest BCUT2D eigenvalue weighted by Crippen LogP contribution is -2.51. The van der Waals surface area contributed by atoms with Gasteiger partial charge in [0.25, 0.3) is 0 Å². The van der Waals surface area contributed by atoms with Crippen molar-refractivity contribution < 1.29 is 9.90 Å². The molecule has 162 valence electrons. The van der Waals surface area contributed by atoms with E-state index in [0.717, 1.165) is 44.2 Å². The Morgan fingerprint density at radius 1 is 1.13 bits per heavy atom. The highest BCUT2D eigenvalue weighted by atomic mass is 16.3. The summed E-state index contributed by atoms with van der Waals surface area (Å²) in [5.41, 5.74) is 5.61. The molecule has 31 heavy (non-hydrogen) atoms. The number of allylic oxidation sites excluding steroid dienone is 4. The van der Waals surface area contributed by atoms with Crippen LogP contribution in [0.1, 0.15) is 70.3 Å². The van der Waals surface area contributed by atoms with Crippen molar-refractivity contribution in [1.82, 2.24) is 0 Å². The third-order valence-corrected chi connectivity index (χ3v) is 8.82. The quantitative estimate of drug-likeness (QED) is 0.638. The number of ketones is 1. The Kier molecular flexibility index (Phi) is 4.90. The highest BCUT2D eigenvalue weighted by molar-refractivity contribution is 5.93. The van der Waals surface area contributed by atoms with Crippen LogP contribution in [-0.4, -0.2) is 23.5 Å². The Labute approximate surface area is 186 Å². The molecule has 5 rings (SSSR count). The van der Waals surface area contributed by atoms with Crippen LogP contribution < -0.4 is 5.32 Å². The number of fused-ring (bicyclic) bond motifs is 4. The smallest absolute Gasteiger partial charge is 0.156 e. The van der Waals surface area contributed by atoms with E-state index < -0.39 is 5.60 Å². The van der Waals surface area contributed by atoms with Crippen molar-refractivity contribution in [2.24, 2.45) is 17.3 Å². The van der Waals surface area contributed by atoms with E-state index in [1.54, 1.807) is 5.57 Å². The lowest BCUT2D eigenvalue weighted by molar-refractivity contribution is -0.114. The lowest BCUT2D eigenvalue weighted by Gasteiger charge is -2.53. The Balaban J connectivity index is 1.68. The Hall–Kier alpha value is -2.31. The second-order valence-electron chi connectivity index (χ2n) is 10.1. The summed E-state index contributed by atoms with van der Waals surface area (Å²) in [5.74, 6) is 7.74. The van der Waals surface area contributed by atoms with E-state index in [1.165, 1.54) is 16.7 Å². The molecule has 0 spiro atoms. The lowest BCUT2D eigenvalue weighted by atomic mass is 9.51. The number of carbonyl (C=O) groups excluding carboxylic acids is 1. The molecule has 4 aliphatic rings. The van der Waals surface area contributed by atoms with E-state index in [4.69, 9.17) is 0 Å². The molecule has 2 saturated carbocycles. The Morgan fingerprint density at radius 2 is 1.90 bits per heavy atom. The number of aliphatic hydroxyl groups is 1. The van der Waals surface area contributed by atoms with Gasteiger partial charge < -0.3 is 10.4 Å². The Morgan fingerprint density at radius 3 is 2.61 bits per heavy atom. The summed E-state index contributed by atoms with van der Waals surface area (Å²) >= 11 is 0. The van der Waals surface area contributed by atoms with Crippen molar-refractivity contribution in [2.45, 2.75) is 70.3 Å². The molecule has 0 aliphatic heterocycles. The van der Waals surface area contributed by atoms with Crippen molar-refractivity contribution in [1.29, 1.82) is 0 Å². The van der Waals surface area contributed by atoms with Crippen LogP contribution in [-0.2, 0) is 4.79 Å². The van der Waals surface area contributed by atoms with Gasteiger partial charge in [0.2, 0.25) is 0 Å². The molecule has 4 unspecified atom stereocenters. The van der Waals surface area contributed by atoms with Gasteiger partial charge in [-0.1, -0.05) is 30.6 Å². The number of carbonyl (C=O) groups is 1. The van der Waals surface area contributed by atoms with E-state index in [1.807, 2.05) is 20.0 Å². The molecular formula is C28H33NO2. The van der Waals surface area contributed by atoms with Crippen molar-refractivity contribution in [2.75, 3.05) is 12.4 Å². The SMILES string of the molecule is CC#CC1(O)CCC2C3CCC4=CC(=O)CCC4=C3C(c3ccc(NC)cc3)C[C@@]21C. The van der Waals surface area contributed by atoms with E-state index in [0.29, 0.717) is 18.3 Å². The van der Waals surface area contributed by atoms with E-state index in [2.05, 4.69) is 48.3 Å². The van der Waals surface area contributed by atoms with Crippen molar-refractivity contribution >= 4 is 11.5 Å². The average molecular weight is 416 g/mol. The summed E-state index contributed by atoms with van der Waals surface area (Å²) in [6.07, 6.45) is 8.22. The molecule has 5 atom stereocenters. The molecule has 2 fully saturated rings. The van der Waals surface area contributed by atoms with Crippen LogP contribution in [0, 0.1) is 29.1 Å². The third kappa shape index (κ3) is 3.03. The minimum Gasteiger partial charge on any atom is -0.388 e. The highest BCUT2D eigenvalue weighted by Gasteiger charge is 2.62. The molecule has 4 aliphatic carbocycles. The van der Waals surface area contributed by atoms with Gasteiger partial charge >= 0.3 is 0 Å². The van der Waals surface area contributed by atoms with Gasteiger partial charge in [0.1, 0.15) is 5.60 Å². The first kappa shape index (κ1) is 20.6. The van der Waals surface area contributed by atoms with Gasteiger partial charge in [0, 0.05) is 30.5 Å². The summed E-state index contributed by atoms with van der Waals surface area (Å²) in [6, 6.07) is 8.80. The third-order valence-electron chi connectivity index (χ3n) is 8.82. The maximum Gasteiger partial charge on any atom is 0.156 e. The van der Waals surface area contributed by atoms with E-state index in [-0.39, 0.29) is 17.1 Å². The number of rotatable bonds is 2. The number of hydrogen-bond donors (Lipinski definition) is 2. The minimum absolute atomic E-state index is 0.219. The zero-order valence-corrected chi connectivity index (χ0v) is 18.9. The Bertz CT molecular complexity index is 1040. The van der Waals surface area contributed by atoms with Crippen LogP contribution in [0.15, 0.2) is 47.1 Å². The average Bonchev–Trinajstić information content (AvgIpc) is 3.03. The molecular weight excluding hydrogens is 382 g/mol. The predicted octanol–water partition coefficient (Wildman–Crippen LogP) is 5.38. The molecule has 0 aromatic heterocycles. The second kappa shape index (κ2) is 7.38. The van der Waals surface area contributed by atoms with Gasteiger partial charge in [-0.25, -0.2) is 0 Å². The fourth-order valence-electron chi connectivity index (χ4n) is 7.26. The van der Waals surface area contributed by atoms with Crippen LogP contribution in [0.3, 0.4) is 0 Å². The van der Waals surface area contributed by atoms with Crippen LogP contribution in [0.4, 0.5) is 5.69 Å². The molecule has 0 heterocycles. The summed E-state index contributed by atoms with van der Waals surface area (Å²) < 4.78 is 0. The minimum atomic E-state index is -0.912. The molecule has 0 radical (unpaired) electrons. The standard InChI is InChI=1S/C28H33NO2/c1-4-14-28(31)15-13-25-23-11-7-19-16-21(30)10-12-22(19)26(23)24(17-27(25,28)2)18-5-8-20(29-3)9-6-18/h5-6,8-9,16,23-25,29,31H,7,10-13,15,17H2,1-3H3/t23?,24?,25?,27-,28?/m0/s1. The second-order valence-corrected chi connectivity index (χ2v) is 10.1. The fourth-order valence-corrected chi connectivity index (χ4v) is 7.26. The zero-order valence-electron chi connectivity index (χ0n) is 18.9. The monoisotopic (exact) mass is 415 g/mol. The number of anilines is 1. The first-order valence-electron chi connectivity index (χ1n) is 11.8. The number of hydrogen-bond acceptors (Lipinski definition) is 3. The summed E-state index contributed by atoms with van der Waals surface area (Å²) in [7, 11) is 1.95. The van der Waals surface area contributed by atoms with Crippen molar-refractivity contribution in [3.63, 3.8) is 0 Å². The molecule has 1 aromatic rings. The largest absolute Gasteiger partial charge is 0.388 e. The van der Waals surface area contributed by atoms with Crippen LogP contribution in [0.5, 0.6) is 0 Å².